The van der Waals surface area contributed by atoms with Crippen molar-refractivity contribution in [3.05, 3.63) is 26.2 Å². The molecule has 0 N–H and O–H groups in total. The lowest BCUT2D eigenvalue weighted by Crippen LogP contribution is -1.96. The van der Waals surface area contributed by atoms with Crippen molar-refractivity contribution in [3.63, 3.8) is 0 Å². The Morgan fingerprint density at radius 2 is 2.29 bits per heavy atom. The highest BCUT2D eigenvalue weighted by atomic mass is 127. The molecule has 0 radical (unpaired) electrons. The summed E-state index contributed by atoms with van der Waals surface area (Å²) < 4.78 is 2.75. The summed E-state index contributed by atoms with van der Waals surface area (Å²) in [6, 6.07) is 1.86. The number of hydrogen-bond acceptors (Lipinski definition) is 2. The van der Waals surface area contributed by atoms with Crippen LogP contribution in [0.1, 0.15) is 18.3 Å². The summed E-state index contributed by atoms with van der Waals surface area (Å²) in [4.78, 5) is 4.48. The average molecular weight is 322 g/mol. The van der Waals surface area contributed by atoms with E-state index in [9.17, 15) is 0 Å². The summed E-state index contributed by atoms with van der Waals surface area (Å²) in [6.07, 6.45) is 0.885. The summed E-state index contributed by atoms with van der Waals surface area (Å²) in [7, 11) is 0. The lowest BCUT2D eigenvalue weighted by atomic mass is 10.3. The number of aryl methyl sites for hydroxylation is 2. The van der Waals surface area contributed by atoms with E-state index in [4.69, 9.17) is 11.6 Å². The van der Waals surface area contributed by atoms with Crippen molar-refractivity contribution in [1.82, 2.24) is 14.6 Å². The highest BCUT2D eigenvalue weighted by Gasteiger charge is 2.10. The Morgan fingerprint density at radius 1 is 1.57 bits per heavy atom. The van der Waals surface area contributed by atoms with Crippen LogP contribution in [0.25, 0.3) is 5.65 Å². The average Bonchev–Trinajstić information content (AvgIpc) is 2.45. The van der Waals surface area contributed by atoms with Gasteiger partial charge < -0.3 is 0 Å². The van der Waals surface area contributed by atoms with E-state index in [1.54, 1.807) is 4.52 Å². The Morgan fingerprint density at radius 3 is 2.93 bits per heavy atom. The molecule has 2 aromatic rings. The molecule has 2 aromatic heterocycles. The summed E-state index contributed by atoms with van der Waals surface area (Å²) >= 11 is 8.33. The van der Waals surface area contributed by atoms with Crippen LogP contribution in [0.4, 0.5) is 0 Å². The fourth-order valence-electron chi connectivity index (χ4n) is 1.29. The second kappa shape index (κ2) is 3.66. The van der Waals surface area contributed by atoms with E-state index in [2.05, 4.69) is 39.6 Å². The van der Waals surface area contributed by atoms with E-state index in [-0.39, 0.29) is 0 Å². The highest BCUT2D eigenvalue weighted by molar-refractivity contribution is 14.1. The van der Waals surface area contributed by atoms with E-state index >= 15 is 0 Å². The van der Waals surface area contributed by atoms with Gasteiger partial charge >= 0.3 is 0 Å². The van der Waals surface area contributed by atoms with Gasteiger partial charge in [-0.25, -0.2) is 9.50 Å². The lowest BCUT2D eigenvalue weighted by molar-refractivity contribution is 0.897. The molecule has 2 heterocycles. The highest BCUT2D eigenvalue weighted by Crippen LogP contribution is 2.20. The van der Waals surface area contributed by atoms with Crippen molar-refractivity contribution in [2.24, 2.45) is 0 Å². The molecule has 0 aromatic carbocycles. The van der Waals surface area contributed by atoms with Gasteiger partial charge in [-0.3, -0.25) is 0 Å². The van der Waals surface area contributed by atoms with E-state index in [1.165, 1.54) is 0 Å². The van der Waals surface area contributed by atoms with Gasteiger partial charge in [0.1, 0.15) is 5.15 Å². The maximum atomic E-state index is 6.08. The number of nitrogens with zero attached hydrogens (tertiary/aromatic N) is 3. The molecule has 2 rings (SSSR count). The molecule has 3 nitrogen and oxygen atoms in total. The minimum atomic E-state index is 0.623. The predicted octanol–water partition coefficient (Wildman–Crippen LogP) is 2.86. The molecule has 0 saturated carbocycles. The maximum Gasteiger partial charge on any atom is 0.170 e. The van der Waals surface area contributed by atoms with E-state index < -0.39 is 0 Å². The first-order valence-electron chi connectivity index (χ1n) is 4.33. The van der Waals surface area contributed by atoms with Crippen molar-refractivity contribution in [2.45, 2.75) is 20.3 Å². The van der Waals surface area contributed by atoms with Crippen molar-refractivity contribution < 1.29 is 0 Å². The number of fused-ring (bicyclic) bond motifs is 1. The Labute approximate surface area is 101 Å². The molecule has 14 heavy (non-hydrogen) atoms. The van der Waals surface area contributed by atoms with Crippen LogP contribution in [0.3, 0.4) is 0 Å². The quantitative estimate of drug-likeness (QED) is 0.597. The van der Waals surface area contributed by atoms with Crippen LogP contribution in [0, 0.1) is 10.5 Å². The largest absolute Gasteiger partial charge is 0.232 e. The SMILES string of the molecule is CCc1cc(Cl)n2nc(C)c(I)c2n1. The molecule has 74 valence electrons. The van der Waals surface area contributed by atoms with Crippen LogP contribution in [-0.4, -0.2) is 14.6 Å². The molecule has 0 aliphatic heterocycles. The second-order valence-electron chi connectivity index (χ2n) is 3.06. The Balaban J connectivity index is 2.83. The van der Waals surface area contributed by atoms with Crippen LogP contribution >= 0.6 is 34.2 Å². The molecule has 0 amide bonds. The van der Waals surface area contributed by atoms with Crippen LogP contribution in [-0.2, 0) is 6.42 Å². The Hall–Kier alpha value is -0.360. The normalized spacial score (nSPS) is 11.1. The summed E-state index contributed by atoms with van der Waals surface area (Å²) in [6.45, 7) is 4.02. The molecule has 0 aliphatic rings. The van der Waals surface area contributed by atoms with Gasteiger partial charge in [-0.2, -0.15) is 5.10 Å². The van der Waals surface area contributed by atoms with Crippen molar-refractivity contribution >= 4 is 39.8 Å². The van der Waals surface area contributed by atoms with Gasteiger partial charge in [-0.05, 0) is 42.0 Å². The zero-order valence-electron chi connectivity index (χ0n) is 7.88. The van der Waals surface area contributed by atoms with Gasteiger partial charge in [0.05, 0.1) is 9.26 Å². The van der Waals surface area contributed by atoms with Gasteiger partial charge in [-0.15, -0.1) is 0 Å². The standard InChI is InChI=1S/C9H9ClIN3/c1-3-6-4-7(10)14-9(12-6)8(11)5(2)13-14/h4H,3H2,1-2H3. The second-order valence-corrected chi connectivity index (χ2v) is 4.52. The smallest absolute Gasteiger partial charge is 0.170 e. The van der Waals surface area contributed by atoms with Gasteiger partial charge in [0, 0.05) is 5.69 Å². The van der Waals surface area contributed by atoms with Gasteiger partial charge in [0.25, 0.3) is 0 Å². The van der Waals surface area contributed by atoms with E-state index in [0.717, 1.165) is 27.0 Å². The fourth-order valence-corrected chi connectivity index (χ4v) is 1.99. The first kappa shape index (κ1) is 10.2. The molecular weight excluding hydrogens is 312 g/mol. The minimum Gasteiger partial charge on any atom is -0.232 e. The lowest BCUT2D eigenvalue weighted by Gasteiger charge is -2.00. The van der Waals surface area contributed by atoms with Crippen molar-refractivity contribution in [2.75, 3.05) is 0 Å². The molecule has 0 aliphatic carbocycles. The van der Waals surface area contributed by atoms with Crippen molar-refractivity contribution in [1.29, 1.82) is 0 Å². The zero-order chi connectivity index (χ0) is 10.3. The summed E-state index contributed by atoms with van der Waals surface area (Å²) in [5.74, 6) is 0. The number of halogens is 2. The third kappa shape index (κ3) is 1.50. The monoisotopic (exact) mass is 321 g/mol. The topological polar surface area (TPSA) is 30.2 Å². The number of aromatic nitrogens is 3. The zero-order valence-corrected chi connectivity index (χ0v) is 10.8. The predicted molar refractivity (Wildman–Crippen MR) is 64.8 cm³/mol. The molecule has 0 saturated heterocycles. The molecule has 0 spiro atoms. The van der Waals surface area contributed by atoms with E-state index in [0.29, 0.717) is 5.15 Å². The third-order valence-corrected chi connectivity index (χ3v) is 3.60. The number of rotatable bonds is 1. The molecule has 0 bridgehead atoms. The van der Waals surface area contributed by atoms with Crippen LogP contribution in [0.15, 0.2) is 6.07 Å². The first-order valence-corrected chi connectivity index (χ1v) is 5.79. The minimum absolute atomic E-state index is 0.623. The van der Waals surface area contributed by atoms with Gasteiger partial charge in [0.15, 0.2) is 5.65 Å². The van der Waals surface area contributed by atoms with Gasteiger partial charge in [0.2, 0.25) is 0 Å². The Bertz CT molecular complexity index is 492. The van der Waals surface area contributed by atoms with Gasteiger partial charge in [-0.1, -0.05) is 18.5 Å². The van der Waals surface area contributed by atoms with Crippen molar-refractivity contribution in [3.8, 4) is 0 Å². The van der Waals surface area contributed by atoms with E-state index in [1.807, 2.05) is 13.0 Å². The Kier molecular flexibility index (Phi) is 2.66. The molecular formula is C9H9ClIN3. The summed E-state index contributed by atoms with van der Waals surface area (Å²) in [5.41, 5.74) is 2.82. The first-order chi connectivity index (χ1) is 6.63. The summed E-state index contributed by atoms with van der Waals surface area (Å²) in [5, 5.41) is 4.93. The third-order valence-electron chi connectivity index (χ3n) is 2.06. The molecule has 0 fully saturated rings. The van der Waals surface area contributed by atoms with Crippen LogP contribution < -0.4 is 0 Å². The molecule has 0 unspecified atom stereocenters. The fraction of sp³-hybridized carbons (Fsp3) is 0.333. The van der Waals surface area contributed by atoms with Crippen LogP contribution in [0.5, 0.6) is 0 Å². The molecule has 0 atom stereocenters. The molecule has 5 heteroatoms. The number of hydrogen-bond donors (Lipinski definition) is 0. The van der Waals surface area contributed by atoms with Crippen LogP contribution in [0.2, 0.25) is 5.15 Å². The maximum absolute atomic E-state index is 6.08.